The number of hydrogen-bond acceptors (Lipinski definition) is 2. The molecule has 2 N–H and O–H groups in total. The predicted molar refractivity (Wildman–Crippen MR) is 74.6 cm³/mol. The summed E-state index contributed by atoms with van der Waals surface area (Å²) in [6.07, 6.45) is 0.703. The van der Waals surface area contributed by atoms with Crippen molar-refractivity contribution >= 4 is 0 Å². The molecule has 106 valence electrons. The maximum absolute atomic E-state index is 13.1. The van der Waals surface area contributed by atoms with Crippen LogP contribution in [0, 0.1) is 18.6 Å². The number of aryl methyl sites for hydroxylation is 1. The summed E-state index contributed by atoms with van der Waals surface area (Å²) >= 11 is 0. The summed E-state index contributed by atoms with van der Waals surface area (Å²) in [7, 11) is 0. The Morgan fingerprint density at radius 3 is 2.45 bits per heavy atom. The Balaban J connectivity index is 2.18. The molecule has 0 fully saturated rings. The van der Waals surface area contributed by atoms with E-state index in [9.17, 15) is 8.78 Å². The van der Waals surface area contributed by atoms with Gasteiger partial charge in [-0.1, -0.05) is 18.2 Å². The summed E-state index contributed by atoms with van der Waals surface area (Å²) in [5.41, 5.74) is 8.02. The fraction of sp³-hybridized carbons (Fsp3) is 0.250. The van der Waals surface area contributed by atoms with Gasteiger partial charge >= 0.3 is 0 Å². The van der Waals surface area contributed by atoms with Gasteiger partial charge in [0.1, 0.15) is 24.0 Å². The molecule has 0 amide bonds. The number of ether oxygens (including phenoxy) is 1. The number of halogens is 2. The molecule has 2 aromatic rings. The van der Waals surface area contributed by atoms with Crippen molar-refractivity contribution in [2.75, 3.05) is 6.54 Å². The highest BCUT2D eigenvalue weighted by atomic mass is 19.1. The van der Waals surface area contributed by atoms with Crippen LogP contribution in [0.2, 0.25) is 0 Å². The van der Waals surface area contributed by atoms with E-state index in [1.54, 1.807) is 0 Å². The van der Waals surface area contributed by atoms with Gasteiger partial charge in [-0.2, -0.15) is 0 Å². The zero-order valence-electron chi connectivity index (χ0n) is 11.3. The molecule has 0 spiro atoms. The van der Waals surface area contributed by atoms with Gasteiger partial charge in [-0.15, -0.1) is 0 Å². The van der Waals surface area contributed by atoms with Gasteiger partial charge in [0.15, 0.2) is 0 Å². The summed E-state index contributed by atoms with van der Waals surface area (Å²) in [5.74, 6) is -0.464. The SMILES string of the molecule is Cc1cccc(CCN)c1OCc1cc(F)cc(F)c1. The van der Waals surface area contributed by atoms with Crippen LogP contribution in [0.15, 0.2) is 36.4 Å². The molecular formula is C16H17F2NO. The Labute approximate surface area is 117 Å². The molecule has 4 heteroatoms. The third kappa shape index (κ3) is 3.54. The van der Waals surface area contributed by atoms with Crippen molar-refractivity contribution in [1.29, 1.82) is 0 Å². The van der Waals surface area contributed by atoms with Crippen molar-refractivity contribution in [3.05, 3.63) is 64.7 Å². The lowest BCUT2D eigenvalue weighted by Crippen LogP contribution is -2.06. The van der Waals surface area contributed by atoms with E-state index in [1.807, 2.05) is 25.1 Å². The first kappa shape index (κ1) is 14.5. The highest BCUT2D eigenvalue weighted by Crippen LogP contribution is 2.25. The van der Waals surface area contributed by atoms with Crippen LogP contribution in [0.5, 0.6) is 5.75 Å². The van der Waals surface area contributed by atoms with E-state index in [0.29, 0.717) is 18.5 Å². The Kier molecular flexibility index (Phi) is 4.69. The van der Waals surface area contributed by atoms with Crippen molar-refractivity contribution in [3.63, 3.8) is 0 Å². The van der Waals surface area contributed by atoms with Crippen molar-refractivity contribution < 1.29 is 13.5 Å². The van der Waals surface area contributed by atoms with Crippen LogP contribution in [0.25, 0.3) is 0 Å². The van der Waals surface area contributed by atoms with Gasteiger partial charge in [0, 0.05) is 6.07 Å². The first-order valence-corrected chi connectivity index (χ1v) is 6.46. The van der Waals surface area contributed by atoms with Crippen LogP contribution in [-0.2, 0) is 13.0 Å². The Morgan fingerprint density at radius 2 is 1.80 bits per heavy atom. The minimum Gasteiger partial charge on any atom is -0.488 e. The quantitative estimate of drug-likeness (QED) is 0.909. The Bertz CT molecular complexity index is 579. The maximum Gasteiger partial charge on any atom is 0.126 e. The maximum atomic E-state index is 13.1. The molecule has 0 atom stereocenters. The molecule has 2 aromatic carbocycles. The van der Waals surface area contributed by atoms with E-state index in [2.05, 4.69) is 0 Å². The highest BCUT2D eigenvalue weighted by Gasteiger charge is 2.08. The fourth-order valence-electron chi connectivity index (χ4n) is 2.12. The lowest BCUT2D eigenvalue weighted by Gasteiger charge is -2.14. The average molecular weight is 277 g/mol. The second-order valence-corrected chi connectivity index (χ2v) is 4.67. The molecule has 0 radical (unpaired) electrons. The molecular weight excluding hydrogens is 260 g/mol. The van der Waals surface area contributed by atoms with Gasteiger partial charge in [0.05, 0.1) is 0 Å². The van der Waals surface area contributed by atoms with Crippen LogP contribution < -0.4 is 10.5 Å². The van der Waals surface area contributed by atoms with Crippen molar-refractivity contribution in [3.8, 4) is 5.75 Å². The number of rotatable bonds is 5. The van der Waals surface area contributed by atoms with Gasteiger partial charge in [-0.25, -0.2) is 8.78 Å². The third-order valence-corrected chi connectivity index (χ3v) is 3.01. The van der Waals surface area contributed by atoms with Crippen LogP contribution in [0.4, 0.5) is 8.78 Å². The smallest absolute Gasteiger partial charge is 0.126 e. The number of hydrogen-bond donors (Lipinski definition) is 1. The van der Waals surface area contributed by atoms with Crippen LogP contribution >= 0.6 is 0 Å². The van der Waals surface area contributed by atoms with E-state index in [-0.39, 0.29) is 6.61 Å². The van der Waals surface area contributed by atoms with Crippen molar-refractivity contribution in [1.82, 2.24) is 0 Å². The molecule has 0 aliphatic rings. The van der Waals surface area contributed by atoms with Gasteiger partial charge in [0.2, 0.25) is 0 Å². The molecule has 2 nitrogen and oxygen atoms in total. The topological polar surface area (TPSA) is 35.2 Å². The van der Waals surface area contributed by atoms with Crippen LogP contribution in [0.1, 0.15) is 16.7 Å². The molecule has 0 aliphatic carbocycles. The molecule has 0 aromatic heterocycles. The predicted octanol–water partition coefficient (Wildman–Crippen LogP) is 3.35. The largest absolute Gasteiger partial charge is 0.488 e. The summed E-state index contributed by atoms with van der Waals surface area (Å²) in [6, 6.07) is 9.20. The molecule has 0 bridgehead atoms. The second-order valence-electron chi connectivity index (χ2n) is 4.67. The lowest BCUT2D eigenvalue weighted by atomic mass is 10.1. The third-order valence-electron chi connectivity index (χ3n) is 3.01. The molecule has 0 saturated carbocycles. The standard InChI is InChI=1S/C16H17F2NO/c1-11-3-2-4-13(5-6-19)16(11)20-10-12-7-14(17)9-15(18)8-12/h2-4,7-9H,5-6,10,19H2,1H3. The van der Waals surface area contributed by atoms with E-state index in [0.717, 1.165) is 22.9 Å². The van der Waals surface area contributed by atoms with Gasteiger partial charge in [0.25, 0.3) is 0 Å². The van der Waals surface area contributed by atoms with Crippen molar-refractivity contribution in [2.24, 2.45) is 5.73 Å². The number of benzene rings is 2. The van der Waals surface area contributed by atoms with Gasteiger partial charge in [-0.3, -0.25) is 0 Å². The summed E-state index contributed by atoms with van der Waals surface area (Å²) in [4.78, 5) is 0. The zero-order valence-corrected chi connectivity index (χ0v) is 11.3. The lowest BCUT2D eigenvalue weighted by molar-refractivity contribution is 0.299. The van der Waals surface area contributed by atoms with E-state index in [4.69, 9.17) is 10.5 Å². The monoisotopic (exact) mass is 277 g/mol. The normalized spacial score (nSPS) is 10.6. The van der Waals surface area contributed by atoms with Crippen LogP contribution in [0.3, 0.4) is 0 Å². The van der Waals surface area contributed by atoms with Crippen LogP contribution in [-0.4, -0.2) is 6.54 Å². The first-order chi connectivity index (χ1) is 9.60. The Hall–Kier alpha value is -1.94. The van der Waals surface area contributed by atoms with E-state index >= 15 is 0 Å². The summed E-state index contributed by atoms with van der Waals surface area (Å²) in [5, 5.41) is 0. The summed E-state index contributed by atoms with van der Waals surface area (Å²) < 4.78 is 32.0. The molecule has 0 saturated heterocycles. The highest BCUT2D eigenvalue weighted by molar-refractivity contribution is 5.41. The molecule has 20 heavy (non-hydrogen) atoms. The van der Waals surface area contributed by atoms with Crippen molar-refractivity contribution in [2.45, 2.75) is 20.0 Å². The second kappa shape index (κ2) is 6.48. The number of para-hydroxylation sites is 1. The fourth-order valence-corrected chi connectivity index (χ4v) is 2.12. The average Bonchev–Trinajstić information content (AvgIpc) is 2.37. The summed E-state index contributed by atoms with van der Waals surface area (Å²) in [6.45, 7) is 2.58. The zero-order chi connectivity index (χ0) is 14.5. The molecule has 2 rings (SSSR count). The van der Waals surface area contributed by atoms with E-state index in [1.165, 1.54) is 12.1 Å². The minimum absolute atomic E-state index is 0.122. The van der Waals surface area contributed by atoms with Gasteiger partial charge in [-0.05, 0) is 48.7 Å². The minimum atomic E-state index is -0.601. The number of nitrogens with two attached hydrogens (primary N) is 1. The van der Waals surface area contributed by atoms with Gasteiger partial charge < -0.3 is 10.5 Å². The Morgan fingerprint density at radius 1 is 1.10 bits per heavy atom. The molecule has 0 unspecified atom stereocenters. The first-order valence-electron chi connectivity index (χ1n) is 6.46. The van der Waals surface area contributed by atoms with E-state index < -0.39 is 11.6 Å². The molecule has 0 aliphatic heterocycles. The molecule has 0 heterocycles.